The molecular formula is C18H21F2N3O3S. The van der Waals surface area contributed by atoms with Gasteiger partial charge in [-0.2, -0.15) is 0 Å². The molecule has 27 heavy (non-hydrogen) atoms. The summed E-state index contributed by atoms with van der Waals surface area (Å²) in [5, 5.41) is 0. The summed E-state index contributed by atoms with van der Waals surface area (Å²) >= 11 is 0. The molecule has 0 amide bonds. The van der Waals surface area contributed by atoms with Gasteiger partial charge < -0.3 is 9.64 Å². The molecule has 0 radical (unpaired) electrons. The predicted molar refractivity (Wildman–Crippen MR) is 98.3 cm³/mol. The van der Waals surface area contributed by atoms with Crippen LogP contribution in [0.25, 0.3) is 0 Å². The van der Waals surface area contributed by atoms with Crippen LogP contribution in [0.3, 0.4) is 0 Å². The second-order valence-electron chi connectivity index (χ2n) is 6.23. The van der Waals surface area contributed by atoms with E-state index in [0.29, 0.717) is 12.4 Å². The number of anilines is 2. The van der Waals surface area contributed by atoms with Gasteiger partial charge in [-0.1, -0.05) is 0 Å². The zero-order valence-electron chi connectivity index (χ0n) is 14.9. The van der Waals surface area contributed by atoms with Crippen LogP contribution in [0.5, 0.6) is 0 Å². The van der Waals surface area contributed by atoms with Crippen molar-refractivity contribution in [2.45, 2.75) is 30.8 Å². The fraction of sp³-hybridized carbons (Fsp3) is 0.389. The Kier molecular flexibility index (Phi) is 5.91. The molecule has 2 heterocycles. The Morgan fingerprint density at radius 2 is 1.93 bits per heavy atom. The Bertz CT molecular complexity index is 883. The number of piperidine rings is 1. The van der Waals surface area contributed by atoms with Crippen molar-refractivity contribution in [2.24, 2.45) is 0 Å². The SMILES string of the molecule is CCOC1CCN(c2ccc(S(=O)(=O)Nc3ccc(F)c(F)c3)cn2)CC1. The van der Waals surface area contributed by atoms with E-state index >= 15 is 0 Å². The molecule has 0 bridgehead atoms. The molecule has 0 spiro atoms. The molecule has 1 aliphatic rings. The highest BCUT2D eigenvalue weighted by Crippen LogP contribution is 2.22. The Morgan fingerprint density at radius 3 is 2.52 bits per heavy atom. The average molecular weight is 397 g/mol. The maximum Gasteiger partial charge on any atom is 0.263 e. The zero-order chi connectivity index (χ0) is 19.4. The molecule has 9 heteroatoms. The van der Waals surface area contributed by atoms with E-state index in [0.717, 1.165) is 44.1 Å². The highest BCUT2D eigenvalue weighted by Gasteiger charge is 2.21. The van der Waals surface area contributed by atoms with Crippen molar-refractivity contribution in [3.8, 4) is 0 Å². The number of nitrogens with zero attached hydrogens (tertiary/aromatic N) is 2. The van der Waals surface area contributed by atoms with Crippen LogP contribution in [-0.4, -0.2) is 39.2 Å². The molecule has 6 nitrogen and oxygen atoms in total. The minimum Gasteiger partial charge on any atom is -0.378 e. The van der Waals surface area contributed by atoms with Gasteiger partial charge in [0.2, 0.25) is 0 Å². The van der Waals surface area contributed by atoms with E-state index in [1.807, 2.05) is 6.92 Å². The van der Waals surface area contributed by atoms with Crippen LogP contribution in [-0.2, 0) is 14.8 Å². The second kappa shape index (κ2) is 8.18. The van der Waals surface area contributed by atoms with Gasteiger partial charge in [0, 0.05) is 32.0 Å². The van der Waals surface area contributed by atoms with E-state index in [1.165, 1.54) is 12.3 Å². The smallest absolute Gasteiger partial charge is 0.263 e. The number of ether oxygens (including phenoxy) is 1. The van der Waals surface area contributed by atoms with Crippen LogP contribution in [0.1, 0.15) is 19.8 Å². The van der Waals surface area contributed by atoms with E-state index < -0.39 is 21.7 Å². The average Bonchev–Trinajstić information content (AvgIpc) is 2.66. The number of pyridine rings is 1. The van der Waals surface area contributed by atoms with Gasteiger partial charge in [0.1, 0.15) is 10.7 Å². The van der Waals surface area contributed by atoms with Crippen LogP contribution in [0.4, 0.5) is 20.3 Å². The van der Waals surface area contributed by atoms with Crippen molar-refractivity contribution < 1.29 is 21.9 Å². The van der Waals surface area contributed by atoms with E-state index in [1.54, 1.807) is 6.07 Å². The normalized spacial score (nSPS) is 15.7. The third kappa shape index (κ3) is 4.72. The highest BCUT2D eigenvalue weighted by molar-refractivity contribution is 7.92. The minimum absolute atomic E-state index is 0.0554. The van der Waals surface area contributed by atoms with Gasteiger partial charge in [-0.15, -0.1) is 0 Å². The lowest BCUT2D eigenvalue weighted by Crippen LogP contribution is -2.37. The summed E-state index contributed by atoms with van der Waals surface area (Å²) in [6.45, 7) is 4.25. The molecule has 146 valence electrons. The Morgan fingerprint density at radius 1 is 1.19 bits per heavy atom. The topological polar surface area (TPSA) is 71.5 Å². The van der Waals surface area contributed by atoms with Gasteiger partial charge in [-0.25, -0.2) is 22.2 Å². The Hall–Kier alpha value is -2.26. The van der Waals surface area contributed by atoms with Crippen molar-refractivity contribution >= 4 is 21.5 Å². The van der Waals surface area contributed by atoms with Crippen LogP contribution < -0.4 is 9.62 Å². The summed E-state index contributed by atoms with van der Waals surface area (Å²) in [5.74, 6) is -1.48. The Balaban J connectivity index is 1.68. The van der Waals surface area contributed by atoms with E-state index in [-0.39, 0.29) is 16.7 Å². The molecule has 1 aromatic heterocycles. The van der Waals surface area contributed by atoms with E-state index in [4.69, 9.17) is 4.74 Å². The van der Waals surface area contributed by atoms with Crippen molar-refractivity contribution in [1.82, 2.24) is 4.98 Å². The number of nitrogens with one attached hydrogen (secondary N) is 1. The van der Waals surface area contributed by atoms with Crippen molar-refractivity contribution in [3.63, 3.8) is 0 Å². The number of rotatable bonds is 6. The van der Waals surface area contributed by atoms with E-state index in [9.17, 15) is 17.2 Å². The predicted octanol–water partition coefficient (Wildman–Crippen LogP) is 3.17. The highest BCUT2D eigenvalue weighted by atomic mass is 32.2. The molecular weight excluding hydrogens is 376 g/mol. The zero-order valence-corrected chi connectivity index (χ0v) is 15.7. The molecule has 1 saturated heterocycles. The molecule has 1 aromatic carbocycles. The molecule has 0 aliphatic carbocycles. The van der Waals surface area contributed by atoms with Gasteiger partial charge in [0.15, 0.2) is 11.6 Å². The van der Waals surface area contributed by atoms with Gasteiger partial charge in [0.05, 0.1) is 11.8 Å². The monoisotopic (exact) mass is 397 g/mol. The van der Waals surface area contributed by atoms with Crippen LogP contribution in [0, 0.1) is 11.6 Å². The first-order valence-electron chi connectivity index (χ1n) is 8.69. The molecule has 2 aromatic rings. The molecule has 1 aliphatic heterocycles. The maximum atomic E-state index is 13.3. The summed E-state index contributed by atoms with van der Waals surface area (Å²) in [6.07, 6.45) is 3.30. The van der Waals surface area contributed by atoms with E-state index in [2.05, 4.69) is 14.6 Å². The standard InChI is InChI=1S/C18H21F2N3O3S/c1-2-26-14-7-9-23(10-8-14)18-6-4-15(12-21-18)27(24,25)22-13-3-5-16(19)17(20)11-13/h3-6,11-12,14,22H,2,7-10H2,1H3. The lowest BCUT2D eigenvalue weighted by Gasteiger charge is -2.32. The maximum absolute atomic E-state index is 13.3. The molecule has 1 N–H and O–H groups in total. The van der Waals surface area contributed by atoms with Gasteiger partial charge in [0.25, 0.3) is 10.0 Å². The summed E-state index contributed by atoms with van der Waals surface area (Å²) in [5.41, 5.74) is -0.0593. The number of halogens is 2. The van der Waals surface area contributed by atoms with Crippen molar-refractivity contribution in [2.75, 3.05) is 29.3 Å². The first-order valence-corrected chi connectivity index (χ1v) is 10.2. The van der Waals surface area contributed by atoms with Gasteiger partial charge >= 0.3 is 0 Å². The first kappa shape index (κ1) is 19.5. The fourth-order valence-corrected chi connectivity index (χ4v) is 3.97. The minimum atomic E-state index is -3.95. The third-order valence-corrected chi connectivity index (χ3v) is 5.74. The number of sulfonamides is 1. The largest absolute Gasteiger partial charge is 0.378 e. The molecule has 0 atom stereocenters. The second-order valence-corrected chi connectivity index (χ2v) is 7.91. The number of hydrogen-bond acceptors (Lipinski definition) is 5. The number of aromatic nitrogens is 1. The first-order chi connectivity index (χ1) is 12.9. The molecule has 1 fully saturated rings. The van der Waals surface area contributed by atoms with Crippen molar-refractivity contribution in [3.05, 3.63) is 48.2 Å². The van der Waals surface area contributed by atoms with Crippen LogP contribution in [0.2, 0.25) is 0 Å². The lowest BCUT2D eigenvalue weighted by atomic mass is 10.1. The summed E-state index contributed by atoms with van der Waals surface area (Å²) in [7, 11) is -3.95. The van der Waals surface area contributed by atoms with Crippen molar-refractivity contribution in [1.29, 1.82) is 0 Å². The summed E-state index contributed by atoms with van der Waals surface area (Å²) < 4.78 is 58.9. The quantitative estimate of drug-likeness (QED) is 0.811. The molecule has 0 saturated carbocycles. The summed E-state index contributed by atoms with van der Waals surface area (Å²) in [6, 6.07) is 5.89. The Labute approximate surface area is 157 Å². The third-order valence-electron chi connectivity index (χ3n) is 4.37. The fourth-order valence-electron chi connectivity index (χ4n) is 2.98. The lowest BCUT2D eigenvalue weighted by molar-refractivity contribution is 0.0458. The number of benzene rings is 1. The van der Waals surface area contributed by atoms with Gasteiger partial charge in [-0.3, -0.25) is 4.72 Å². The summed E-state index contributed by atoms with van der Waals surface area (Å²) in [4.78, 5) is 6.27. The molecule has 3 rings (SSSR count). The molecule has 0 unspecified atom stereocenters. The van der Waals surface area contributed by atoms with Crippen LogP contribution >= 0.6 is 0 Å². The van der Waals surface area contributed by atoms with Crippen LogP contribution in [0.15, 0.2) is 41.4 Å². The number of hydrogen-bond donors (Lipinski definition) is 1. The van der Waals surface area contributed by atoms with Gasteiger partial charge in [-0.05, 0) is 44.0 Å².